The monoisotopic (exact) mass is 386 g/mol. The Labute approximate surface area is 165 Å². The lowest BCUT2D eigenvalue weighted by atomic mass is 10.1. The van der Waals surface area contributed by atoms with Gasteiger partial charge in [-0.05, 0) is 37.8 Å². The molecule has 1 aromatic heterocycles. The summed E-state index contributed by atoms with van der Waals surface area (Å²) >= 11 is 0. The summed E-state index contributed by atoms with van der Waals surface area (Å²) in [6.45, 7) is 3.73. The fourth-order valence-corrected chi connectivity index (χ4v) is 3.61. The number of methoxy groups -OCH3 is 1. The zero-order valence-electron chi connectivity index (χ0n) is 16.9. The molecule has 152 valence electrons. The molecule has 0 radical (unpaired) electrons. The van der Waals surface area contributed by atoms with Gasteiger partial charge in [0.25, 0.3) is 5.56 Å². The lowest BCUT2D eigenvalue weighted by Crippen LogP contribution is -2.35. The van der Waals surface area contributed by atoms with Gasteiger partial charge in [0.15, 0.2) is 0 Å². The first-order valence-corrected chi connectivity index (χ1v) is 9.99. The number of anilines is 2. The topological polar surface area (TPSA) is 90.5 Å². The van der Waals surface area contributed by atoms with E-state index < -0.39 is 0 Å². The van der Waals surface area contributed by atoms with Crippen LogP contribution >= 0.6 is 0 Å². The van der Waals surface area contributed by atoms with E-state index in [1.165, 1.54) is 0 Å². The van der Waals surface area contributed by atoms with E-state index in [4.69, 9.17) is 4.74 Å². The Morgan fingerprint density at radius 2 is 2.11 bits per heavy atom. The Balaban J connectivity index is 1.94. The van der Waals surface area contributed by atoms with Gasteiger partial charge in [0.05, 0.1) is 24.3 Å². The van der Waals surface area contributed by atoms with Gasteiger partial charge in [-0.15, -0.1) is 0 Å². The van der Waals surface area contributed by atoms with Crippen LogP contribution in [0.1, 0.15) is 38.2 Å². The molecule has 7 heteroatoms. The molecule has 1 fully saturated rings. The van der Waals surface area contributed by atoms with Gasteiger partial charge in [-0.25, -0.2) is 4.98 Å². The molecule has 3 rings (SSSR count). The summed E-state index contributed by atoms with van der Waals surface area (Å²) in [5.74, 6) is 1.77. The van der Waals surface area contributed by atoms with E-state index in [2.05, 4.69) is 27.1 Å². The summed E-state index contributed by atoms with van der Waals surface area (Å²) in [6, 6.07) is 5.92. The maximum atomic E-state index is 12.6. The molecule has 0 unspecified atom stereocenters. The number of aliphatic hydroxyl groups is 1. The van der Waals surface area contributed by atoms with Gasteiger partial charge in [-0.2, -0.15) is 0 Å². The molecular weight excluding hydrogens is 356 g/mol. The van der Waals surface area contributed by atoms with E-state index in [1.807, 2.05) is 18.2 Å². The summed E-state index contributed by atoms with van der Waals surface area (Å²) in [5, 5.41) is 12.8. The predicted octanol–water partition coefficient (Wildman–Crippen LogP) is 2.79. The number of rotatable bonds is 7. The van der Waals surface area contributed by atoms with Crippen molar-refractivity contribution in [3.05, 3.63) is 34.1 Å². The number of hydrogen-bond donors (Lipinski definition) is 3. The standard InChI is InChI=1S/C21H30N4O3/c1-4-5-6-17-19(22-2)23-20(24-21(17)27)16-8-7-14(13-18(16)28-3)25-11-9-15(26)10-12-25/h7-8,13,15,26H,4-6,9-12H2,1-3H3,(H2,22,23,24,27). The van der Waals surface area contributed by atoms with Crippen LogP contribution in [0.5, 0.6) is 5.75 Å². The van der Waals surface area contributed by atoms with Crippen molar-refractivity contribution >= 4 is 11.5 Å². The summed E-state index contributed by atoms with van der Waals surface area (Å²) in [6.07, 6.45) is 3.99. The fraction of sp³-hybridized carbons (Fsp3) is 0.524. The molecule has 0 amide bonds. The summed E-state index contributed by atoms with van der Waals surface area (Å²) in [7, 11) is 3.40. The van der Waals surface area contributed by atoms with Crippen molar-refractivity contribution in [2.75, 3.05) is 37.5 Å². The number of aromatic amines is 1. The van der Waals surface area contributed by atoms with Crippen LogP contribution in [0.2, 0.25) is 0 Å². The number of nitrogens with one attached hydrogen (secondary N) is 2. The Hall–Kier alpha value is -2.54. The van der Waals surface area contributed by atoms with Gasteiger partial charge in [-0.1, -0.05) is 13.3 Å². The Morgan fingerprint density at radius 1 is 1.36 bits per heavy atom. The highest BCUT2D eigenvalue weighted by Gasteiger charge is 2.20. The van der Waals surface area contributed by atoms with E-state index >= 15 is 0 Å². The van der Waals surface area contributed by atoms with Crippen LogP contribution in [0.3, 0.4) is 0 Å². The van der Waals surface area contributed by atoms with Gasteiger partial charge in [0.2, 0.25) is 0 Å². The van der Waals surface area contributed by atoms with Crippen LogP contribution in [0.25, 0.3) is 11.4 Å². The number of piperidine rings is 1. The number of aromatic nitrogens is 2. The van der Waals surface area contributed by atoms with E-state index in [1.54, 1.807) is 14.2 Å². The van der Waals surface area contributed by atoms with Crippen LogP contribution in [0, 0.1) is 0 Å². The highest BCUT2D eigenvalue weighted by molar-refractivity contribution is 5.70. The number of H-pyrrole nitrogens is 1. The smallest absolute Gasteiger partial charge is 0.256 e. The first kappa shape index (κ1) is 20.2. The quantitative estimate of drug-likeness (QED) is 0.678. The van der Waals surface area contributed by atoms with Gasteiger partial charge < -0.3 is 25.0 Å². The van der Waals surface area contributed by atoms with Crippen LogP contribution < -0.4 is 20.5 Å². The second kappa shape index (κ2) is 9.10. The minimum atomic E-state index is -0.210. The summed E-state index contributed by atoms with van der Waals surface area (Å²) < 4.78 is 5.60. The normalized spacial score (nSPS) is 14.9. The second-order valence-corrected chi connectivity index (χ2v) is 7.20. The van der Waals surface area contributed by atoms with Crippen molar-refractivity contribution < 1.29 is 9.84 Å². The Kier molecular flexibility index (Phi) is 6.57. The molecule has 7 nitrogen and oxygen atoms in total. The molecule has 3 N–H and O–H groups in total. The molecule has 1 saturated heterocycles. The average molecular weight is 386 g/mol. The van der Waals surface area contributed by atoms with Crippen LogP contribution in [0.4, 0.5) is 11.5 Å². The highest BCUT2D eigenvalue weighted by Crippen LogP contribution is 2.33. The molecule has 28 heavy (non-hydrogen) atoms. The molecule has 1 aromatic carbocycles. The molecule has 0 bridgehead atoms. The number of unbranched alkanes of at least 4 members (excludes halogenated alkanes) is 1. The Morgan fingerprint density at radius 3 is 2.75 bits per heavy atom. The zero-order chi connectivity index (χ0) is 20.1. The summed E-state index contributed by atoms with van der Waals surface area (Å²) in [5.41, 5.74) is 2.37. The maximum Gasteiger partial charge on any atom is 0.256 e. The van der Waals surface area contributed by atoms with Crippen molar-refractivity contribution in [3.63, 3.8) is 0 Å². The van der Waals surface area contributed by atoms with Crippen LogP contribution in [0.15, 0.2) is 23.0 Å². The SMILES string of the molecule is CCCCc1c(NC)nc(-c2ccc(N3CCC(O)CC3)cc2OC)[nH]c1=O. The minimum absolute atomic E-state index is 0.112. The lowest BCUT2D eigenvalue weighted by Gasteiger charge is -2.31. The number of benzene rings is 1. The van der Waals surface area contributed by atoms with Crippen LogP contribution in [-0.4, -0.2) is 48.4 Å². The van der Waals surface area contributed by atoms with Crippen molar-refractivity contribution in [3.8, 4) is 17.1 Å². The van der Waals surface area contributed by atoms with E-state index in [0.29, 0.717) is 29.4 Å². The molecule has 0 saturated carbocycles. The number of nitrogens with zero attached hydrogens (tertiary/aromatic N) is 2. The molecule has 0 atom stereocenters. The van der Waals surface area contributed by atoms with Gasteiger partial charge in [0, 0.05) is 31.9 Å². The first-order chi connectivity index (χ1) is 13.6. The van der Waals surface area contributed by atoms with Gasteiger partial charge in [-0.3, -0.25) is 4.79 Å². The number of ether oxygens (including phenoxy) is 1. The first-order valence-electron chi connectivity index (χ1n) is 9.99. The predicted molar refractivity (Wildman–Crippen MR) is 112 cm³/mol. The molecule has 2 aromatic rings. The third kappa shape index (κ3) is 4.30. The molecule has 1 aliphatic heterocycles. The second-order valence-electron chi connectivity index (χ2n) is 7.20. The minimum Gasteiger partial charge on any atom is -0.496 e. The largest absolute Gasteiger partial charge is 0.496 e. The number of hydrogen-bond acceptors (Lipinski definition) is 6. The zero-order valence-corrected chi connectivity index (χ0v) is 16.9. The van der Waals surface area contributed by atoms with Crippen molar-refractivity contribution in [2.24, 2.45) is 0 Å². The third-order valence-electron chi connectivity index (χ3n) is 5.30. The molecule has 1 aliphatic rings. The highest BCUT2D eigenvalue weighted by atomic mass is 16.5. The molecule has 0 aliphatic carbocycles. The third-order valence-corrected chi connectivity index (χ3v) is 5.30. The van der Waals surface area contributed by atoms with E-state index in [-0.39, 0.29) is 11.7 Å². The van der Waals surface area contributed by atoms with Gasteiger partial charge in [0.1, 0.15) is 17.4 Å². The van der Waals surface area contributed by atoms with E-state index in [0.717, 1.165) is 50.0 Å². The van der Waals surface area contributed by atoms with Crippen LogP contribution in [-0.2, 0) is 6.42 Å². The van der Waals surface area contributed by atoms with Gasteiger partial charge >= 0.3 is 0 Å². The fourth-order valence-electron chi connectivity index (χ4n) is 3.61. The molecule has 2 heterocycles. The summed E-state index contributed by atoms with van der Waals surface area (Å²) in [4.78, 5) is 22.4. The van der Waals surface area contributed by atoms with E-state index in [9.17, 15) is 9.90 Å². The van der Waals surface area contributed by atoms with Crippen molar-refractivity contribution in [1.82, 2.24) is 9.97 Å². The molecule has 0 spiro atoms. The van der Waals surface area contributed by atoms with Crippen molar-refractivity contribution in [2.45, 2.75) is 45.1 Å². The lowest BCUT2D eigenvalue weighted by molar-refractivity contribution is 0.145. The maximum absolute atomic E-state index is 12.6. The number of aliphatic hydroxyl groups excluding tert-OH is 1. The average Bonchev–Trinajstić information content (AvgIpc) is 2.72. The van der Waals surface area contributed by atoms with Crippen molar-refractivity contribution in [1.29, 1.82) is 0 Å². The Bertz CT molecular complexity index is 857. The molecular formula is C21H30N4O3.